The van der Waals surface area contributed by atoms with Gasteiger partial charge in [-0.3, -0.25) is 29.4 Å². The molecule has 0 unspecified atom stereocenters. The van der Waals surface area contributed by atoms with Gasteiger partial charge < -0.3 is 4.74 Å². The third kappa shape index (κ3) is 2.73. The third-order valence-corrected chi connectivity index (χ3v) is 2.82. The molecule has 21 heavy (non-hydrogen) atoms. The normalized spacial score (nSPS) is 13.6. The number of hydrogen-bond donors (Lipinski definition) is 0. The molecule has 0 atom stereocenters. The Labute approximate surface area is 119 Å². The van der Waals surface area contributed by atoms with Gasteiger partial charge in [-0.1, -0.05) is 0 Å². The van der Waals surface area contributed by atoms with E-state index in [0.717, 1.165) is 11.0 Å². The van der Waals surface area contributed by atoms with Gasteiger partial charge in [0.05, 0.1) is 22.3 Å². The quantitative estimate of drug-likeness (QED) is 0.355. The van der Waals surface area contributed by atoms with E-state index in [4.69, 9.17) is 4.74 Å². The van der Waals surface area contributed by atoms with Crippen molar-refractivity contribution in [3.05, 3.63) is 33.9 Å². The molecule has 1 heterocycles. The molecule has 0 N–H and O–H groups in total. The minimum atomic E-state index is -0.897. The van der Waals surface area contributed by atoms with E-state index in [2.05, 4.69) is 0 Å². The molecule has 8 heteroatoms. The van der Waals surface area contributed by atoms with Crippen LogP contribution >= 0.6 is 0 Å². The average Bonchev–Trinajstić information content (AvgIpc) is 2.62. The number of anilines is 1. The molecule has 0 radical (unpaired) electrons. The largest absolute Gasteiger partial charge is 0.462 e. The highest BCUT2D eigenvalue weighted by Crippen LogP contribution is 2.31. The molecule has 2 rings (SSSR count). The summed E-state index contributed by atoms with van der Waals surface area (Å²) in [5.41, 5.74) is -0.190. The summed E-state index contributed by atoms with van der Waals surface area (Å²) in [6, 6.07) is 3.48. The first-order valence-electron chi connectivity index (χ1n) is 6.15. The minimum Gasteiger partial charge on any atom is -0.462 e. The van der Waals surface area contributed by atoms with Crippen molar-refractivity contribution >= 4 is 29.0 Å². The molecular formula is C13H12N2O6. The number of nitro benzene ring substituents is 1. The summed E-state index contributed by atoms with van der Waals surface area (Å²) >= 11 is 0. The van der Waals surface area contributed by atoms with Crippen LogP contribution in [0.3, 0.4) is 0 Å². The SMILES string of the molecule is CC(C)OC(=O)CN1C(=O)C(=O)c2cc([N+](=O)[O-])ccc21. The molecule has 0 aliphatic carbocycles. The van der Waals surface area contributed by atoms with Gasteiger partial charge in [-0.25, -0.2) is 0 Å². The average molecular weight is 292 g/mol. The summed E-state index contributed by atoms with van der Waals surface area (Å²) in [6.45, 7) is 2.91. The number of carbonyl (C=O) groups is 3. The van der Waals surface area contributed by atoms with Gasteiger partial charge in [0.25, 0.3) is 17.4 Å². The van der Waals surface area contributed by atoms with E-state index >= 15 is 0 Å². The van der Waals surface area contributed by atoms with Crippen LogP contribution in [0.15, 0.2) is 18.2 Å². The first-order chi connectivity index (χ1) is 9.81. The molecule has 110 valence electrons. The number of non-ortho nitro benzene ring substituents is 1. The monoisotopic (exact) mass is 292 g/mol. The van der Waals surface area contributed by atoms with Crippen LogP contribution in [0.2, 0.25) is 0 Å². The van der Waals surface area contributed by atoms with Gasteiger partial charge in [-0.05, 0) is 19.9 Å². The van der Waals surface area contributed by atoms with Crippen molar-refractivity contribution in [2.75, 3.05) is 11.4 Å². The number of ether oxygens (including phenoxy) is 1. The molecule has 0 spiro atoms. The Kier molecular flexibility index (Phi) is 3.70. The topological polar surface area (TPSA) is 107 Å². The number of rotatable bonds is 4. The second-order valence-corrected chi connectivity index (χ2v) is 4.72. The summed E-state index contributed by atoms with van der Waals surface area (Å²) in [4.78, 5) is 46.3. The van der Waals surface area contributed by atoms with Gasteiger partial charge in [0, 0.05) is 12.1 Å². The highest BCUT2D eigenvalue weighted by Gasteiger charge is 2.38. The molecule has 0 aromatic heterocycles. The molecule has 1 aromatic carbocycles. The maximum atomic E-state index is 11.9. The van der Waals surface area contributed by atoms with Gasteiger partial charge in [0.2, 0.25) is 0 Å². The van der Waals surface area contributed by atoms with Crippen molar-refractivity contribution in [2.24, 2.45) is 0 Å². The first-order valence-corrected chi connectivity index (χ1v) is 6.15. The lowest BCUT2D eigenvalue weighted by Gasteiger charge is -2.16. The van der Waals surface area contributed by atoms with E-state index in [-0.39, 0.29) is 23.0 Å². The number of hydrogen-bond acceptors (Lipinski definition) is 6. The smallest absolute Gasteiger partial charge is 0.326 e. The Hall–Kier alpha value is -2.77. The Bertz CT molecular complexity index is 652. The zero-order valence-electron chi connectivity index (χ0n) is 11.4. The Morgan fingerprint density at radius 1 is 1.38 bits per heavy atom. The fourth-order valence-electron chi connectivity index (χ4n) is 1.99. The van der Waals surface area contributed by atoms with E-state index in [1.54, 1.807) is 13.8 Å². The molecule has 0 fully saturated rings. The Morgan fingerprint density at radius 2 is 2.05 bits per heavy atom. The number of Topliss-reactive ketones (excluding diaryl/α,β-unsaturated/α-hetero) is 1. The maximum Gasteiger partial charge on any atom is 0.326 e. The van der Waals surface area contributed by atoms with Crippen LogP contribution in [0.4, 0.5) is 11.4 Å². The van der Waals surface area contributed by atoms with Gasteiger partial charge in [0.15, 0.2) is 0 Å². The number of carbonyl (C=O) groups excluding carboxylic acids is 3. The number of amides is 1. The molecule has 1 aliphatic heterocycles. The molecule has 1 aromatic rings. The number of benzene rings is 1. The second kappa shape index (κ2) is 5.31. The molecule has 0 saturated carbocycles. The minimum absolute atomic E-state index is 0.0773. The molecular weight excluding hydrogens is 280 g/mol. The second-order valence-electron chi connectivity index (χ2n) is 4.72. The summed E-state index contributed by atoms with van der Waals surface area (Å²) in [5.74, 6) is -2.42. The summed E-state index contributed by atoms with van der Waals surface area (Å²) in [5, 5.41) is 10.7. The van der Waals surface area contributed by atoms with Crippen molar-refractivity contribution in [1.82, 2.24) is 0 Å². The van der Waals surface area contributed by atoms with Crippen LogP contribution in [-0.4, -0.2) is 35.2 Å². The maximum absolute atomic E-state index is 11.9. The van der Waals surface area contributed by atoms with Crippen molar-refractivity contribution in [1.29, 1.82) is 0 Å². The van der Waals surface area contributed by atoms with Crippen LogP contribution in [0, 0.1) is 10.1 Å². The van der Waals surface area contributed by atoms with Crippen molar-refractivity contribution in [3.63, 3.8) is 0 Å². The zero-order chi connectivity index (χ0) is 15.7. The molecule has 8 nitrogen and oxygen atoms in total. The molecule has 0 bridgehead atoms. The lowest BCUT2D eigenvalue weighted by atomic mass is 10.1. The van der Waals surface area contributed by atoms with E-state index in [9.17, 15) is 24.5 Å². The number of nitro groups is 1. The van der Waals surface area contributed by atoms with Gasteiger partial charge in [-0.15, -0.1) is 0 Å². The van der Waals surface area contributed by atoms with Crippen LogP contribution in [-0.2, 0) is 14.3 Å². The number of esters is 1. The Morgan fingerprint density at radius 3 is 2.62 bits per heavy atom. The highest BCUT2D eigenvalue weighted by molar-refractivity contribution is 6.52. The van der Waals surface area contributed by atoms with Crippen molar-refractivity contribution in [2.45, 2.75) is 20.0 Å². The first kappa shape index (κ1) is 14.6. The summed E-state index contributed by atoms with van der Waals surface area (Å²) in [7, 11) is 0. The van der Waals surface area contributed by atoms with Gasteiger partial charge in [0.1, 0.15) is 6.54 Å². The van der Waals surface area contributed by atoms with Crippen LogP contribution in [0.25, 0.3) is 0 Å². The standard InChI is InChI=1S/C13H12N2O6/c1-7(2)21-11(16)6-14-10-4-3-8(15(19)20)5-9(10)12(17)13(14)18/h3-5,7H,6H2,1-2H3. The summed E-state index contributed by atoms with van der Waals surface area (Å²) in [6.07, 6.45) is -0.345. The van der Waals surface area contributed by atoms with Crippen LogP contribution < -0.4 is 4.90 Å². The fourth-order valence-corrected chi connectivity index (χ4v) is 1.99. The van der Waals surface area contributed by atoms with Crippen LogP contribution in [0.1, 0.15) is 24.2 Å². The molecule has 1 amide bonds. The lowest BCUT2D eigenvalue weighted by molar-refractivity contribution is -0.384. The predicted octanol–water partition coefficient (Wildman–Crippen LogP) is 1.08. The number of fused-ring (bicyclic) bond motifs is 1. The number of ketones is 1. The van der Waals surface area contributed by atoms with Crippen LogP contribution in [0.5, 0.6) is 0 Å². The summed E-state index contributed by atoms with van der Waals surface area (Å²) < 4.78 is 4.92. The van der Waals surface area contributed by atoms with E-state index in [1.807, 2.05) is 0 Å². The Balaban J connectivity index is 2.31. The van der Waals surface area contributed by atoms with Gasteiger partial charge in [-0.2, -0.15) is 0 Å². The van der Waals surface area contributed by atoms with Crippen molar-refractivity contribution < 1.29 is 24.0 Å². The van der Waals surface area contributed by atoms with Gasteiger partial charge >= 0.3 is 5.97 Å². The van der Waals surface area contributed by atoms with E-state index in [1.165, 1.54) is 12.1 Å². The highest BCUT2D eigenvalue weighted by atomic mass is 16.6. The van der Waals surface area contributed by atoms with E-state index < -0.39 is 29.1 Å². The molecule has 0 saturated heterocycles. The number of nitrogens with zero attached hydrogens (tertiary/aromatic N) is 2. The molecule has 1 aliphatic rings. The lowest BCUT2D eigenvalue weighted by Crippen LogP contribution is -2.36. The predicted molar refractivity (Wildman–Crippen MR) is 71.0 cm³/mol. The van der Waals surface area contributed by atoms with E-state index in [0.29, 0.717) is 0 Å². The third-order valence-electron chi connectivity index (χ3n) is 2.82. The van der Waals surface area contributed by atoms with Crippen molar-refractivity contribution in [3.8, 4) is 0 Å². The fraction of sp³-hybridized carbons (Fsp3) is 0.308. The zero-order valence-corrected chi connectivity index (χ0v) is 11.4.